The van der Waals surface area contributed by atoms with Gasteiger partial charge in [0.05, 0.1) is 0 Å². The molecule has 0 bridgehead atoms. The van der Waals surface area contributed by atoms with Crippen LogP contribution in [-0.4, -0.2) is 3.21 Å². The van der Waals surface area contributed by atoms with E-state index in [1.54, 1.807) is 0 Å². The topological polar surface area (TPSA) is 0 Å². The molecule has 9 aromatic carbocycles. The van der Waals surface area contributed by atoms with Crippen molar-refractivity contribution in [1.82, 2.24) is 0 Å². The fraction of sp³-hybridized carbons (Fsp3) is 0.143. The van der Waals surface area contributed by atoms with Crippen molar-refractivity contribution in [3.63, 3.8) is 0 Å². The zero-order valence-electron chi connectivity index (χ0n) is 39.3. The molecule has 0 atom stereocenters. The van der Waals surface area contributed by atoms with Gasteiger partial charge in [-0.1, -0.05) is 171 Å². The van der Waals surface area contributed by atoms with E-state index in [9.17, 15) is 0 Å². The van der Waals surface area contributed by atoms with Gasteiger partial charge in [0.1, 0.15) is 0 Å². The van der Waals surface area contributed by atoms with E-state index < -0.39 is 0 Å². The molecule has 9 aromatic rings. The van der Waals surface area contributed by atoms with Gasteiger partial charge in [-0.05, 0) is 64.6 Å². The number of aryl methyl sites for hydroxylation is 2. The second kappa shape index (κ2) is 23.3. The fourth-order valence-corrected chi connectivity index (χ4v) is 10.5. The molecule has 68 heavy (non-hydrogen) atoms. The van der Waals surface area contributed by atoms with Gasteiger partial charge in [-0.3, -0.25) is 0 Å². The molecule has 0 fully saturated rings. The summed E-state index contributed by atoms with van der Waals surface area (Å²) in [4.78, 5) is 0. The predicted molar refractivity (Wildman–Crippen MR) is 285 cm³/mol. The van der Waals surface area contributed by atoms with Crippen LogP contribution in [0.2, 0.25) is 0 Å². The van der Waals surface area contributed by atoms with Crippen molar-refractivity contribution in [2.75, 3.05) is 0 Å². The van der Waals surface area contributed by atoms with Gasteiger partial charge in [-0.15, -0.1) is 28.8 Å². The Morgan fingerprint density at radius 3 is 1.40 bits per heavy atom. The Morgan fingerprint density at radius 2 is 0.926 bits per heavy atom. The maximum atomic E-state index is 4.03. The summed E-state index contributed by atoms with van der Waals surface area (Å²) in [5.41, 5.74) is 20.6. The Kier molecular flexibility index (Phi) is 18.1. The predicted octanol–water partition coefficient (Wildman–Crippen LogP) is 11.4. The van der Waals surface area contributed by atoms with Crippen LogP contribution in [0.4, 0.5) is 0 Å². The van der Waals surface area contributed by atoms with E-state index in [2.05, 4.69) is 255 Å². The maximum Gasteiger partial charge on any atom is 0.0152 e. The monoisotopic (exact) mass is 1130 g/mol. The minimum atomic E-state index is -0.208. The third kappa shape index (κ3) is 11.7. The largest absolute Gasteiger partial charge is 1.00 e. The SMILES string of the molecule is Brc1ccc([C](=[Zr+2])c2ccc(Br)cc2)cc1.Cc1ccccc1-c1[c-]c2c(cc1C(C)(C)c1ccccc1)-c1cc(C(C)(C)c3ccccc3)c(-c3ccccc3C)cc1C2.[Cl-].[Cl-].c1cc[cH-]c1. The van der Waals surface area contributed by atoms with Gasteiger partial charge < -0.3 is 24.8 Å². The maximum absolute atomic E-state index is 4.03. The van der Waals surface area contributed by atoms with Crippen molar-refractivity contribution >= 4 is 35.1 Å². The quantitative estimate of drug-likeness (QED) is 0.133. The molecule has 0 aliphatic heterocycles. The summed E-state index contributed by atoms with van der Waals surface area (Å²) in [5, 5.41) is 0. The first kappa shape index (κ1) is 52.8. The molecule has 340 valence electrons. The summed E-state index contributed by atoms with van der Waals surface area (Å²) in [7, 11) is 0. The Hall–Kier alpha value is -4.60. The number of hydrogen-bond donors (Lipinski definition) is 0. The standard InChI is InChI=1S/C45H41.C13H8Br2.C5H5.2ClH.Zr/c1-30-17-13-15-23-36(30)40-26-32-25-33-27-41(37-24-16-14-18-31(37)2)43(45(5,6)35-21-11-8-12-22-35)29-39(33)38(32)28-42(40)44(3,4)34-19-9-7-10-20-34;14-12-5-1-10(2-6-12)9-11-3-7-13(15)8-4-11;1-2-4-5-3-1;;;/h7-24,26,28-29H,25H2,1-6H3;1-8H;1-5H;2*1H;/q-1;;-1;;;+2/p-2. The first-order valence-corrected chi connectivity index (χ1v) is 25.4. The van der Waals surface area contributed by atoms with E-state index in [1.165, 1.54) is 116 Å². The summed E-state index contributed by atoms with van der Waals surface area (Å²) >= 11 is 8.34. The molecule has 0 amide bonds. The molecule has 1 aliphatic carbocycles. The van der Waals surface area contributed by atoms with Gasteiger partial charge >= 0.3 is 128 Å². The number of halogens is 4. The molecular formula is C63H54Br2Cl2Zr-2. The average Bonchev–Trinajstić information content (AvgIpc) is 4.04. The number of rotatable bonds is 8. The van der Waals surface area contributed by atoms with Crippen LogP contribution in [0.5, 0.6) is 0 Å². The molecule has 0 N–H and O–H groups in total. The minimum Gasteiger partial charge on any atom is -1.00 e. The summed E-state index contributed by atoms with van der Waals surface area (Å²) in [5.74, 6) is 0. The fourth-order valence-electron chi connectivity index (χ4n) is 9.12. The van der Waals surface area contributed by atoms with Gasteiger partial charge in [0, 0.05) is 5.41 Å². The summed E-state index contributed by atoms with van der Waals surface area (Å²) in [6.45, 7) is 13.9. The van der Waals surface area contributed by atoms with Gasteiger partial charge in [-0.2, -0.15) is 18.2 Å². The summed E-state index contributed by atoms with van der Waals surface area (Å²) in [6, 6.07) is 78.0. The average molecular weight is 1130 g/mol. The van der Waals surface area contributed by atoms with E-state index in [0.29, 0.717) is 0 Å². The van der Waals surface area contributed by atoms with Crippen LogP contribution < -0.4 is 24.8 Å². The summed E-state index contributed by atoms with van der Waals surface area (Å²) < 4.78 is 3.62. The van der Waals surface area contributed by atoms with Crippen LogP contribution in [-0.2, 0) is 41.5 Å². The van der Waals surface area contributed by atoms with Crippen molar-refractivity contribution in [1.29, 1.82) is 0 Å². The molecule has 0 saturated heterocycles. The first-order chi connectivity index (χ1) is 31.8. The van der Waals surface area contributed by atoms with E-state index in [0.717, 1.165) is 15.4 Å². The van der Waals surface area contributed by atoms with Gasteiger partial charge in [0.15, 0.2) is 0 Å². The van der Waals surface area contributed by atoms with E-state index in [4.69, 9.17) is 0 Å². The van der Waals surface area contributed by atoms with E-state index >= 15 is 0 Å². The Bertz CT molecular complexity index is 2870. The van der Waals surface area contributed by atoms with Crippen LogP contribution in [0.25, 0.3) is 33.4 Å². The van der Waals surface area contributed by atoms with Crippen molar-refractivity contribution in [2.24, 2.45) is 0 Å². The summed E-state index contributed by atoms with van der Waals surface area (Å²) in [6.07, 6.45) is 0.889. The van der Waals surface area contributed by atoms with E-state index in [1.807, 2.05) is 30.3 Å². The molecule has 0 saturated carbocycles. The minimum absolute atomic E-state index is 0. The second-order valence-corrected chi connectivity index (χ2v) is 21.2. The molecule has 0 unspecified atom stereocenters. The zero-order valence-corrected chi connectivity index (χ0v) is 46.5. The molecule has 0 aromatic heterocycles. The number of benzene rings is 8. The van der Waals surface area contributed by atoms with Crippen molar-refractivity contribution in [3.05, 3.63) is 277 Å². The smallest absolute Gasteiger partial charge is 0.0152 e. The Balaban J connectivity index is 0.000000274. The van der Waals surface area contributed by atoms with Gasteiger partial charge in [0.2, 0.25) is 0 Å². The molecule has 5 heteroatoms. The van der Waals surface area contributed by atoms with Crippen molar-refractivity contribution in [2.45, 2.75) is 58.8 Å². The molecule has 0 heterocycles. The van der Waals surface area contributed by atoms with Crippen molar-refractivity contribution in [3.8, 4) is 33.4 Å². The van der Waals surface area contributed by atoms with Gasteiger partial charge in [0.25, 0.3) is 0 Å². The normalized spacial score (nSPS) is 11.3. The number of hydrogen-bond acceptors (Lipinski definition) is 0. The Morgan fingerprint density at radius 1 is 0.485 bits per heavy atom. The number of fused-ring (bicyclic) bond motifs is 3. The first-order valence-electron chi connectivity index (χ1n) is 22.6. The van der Waals surface area contributed by atoms with Crippen LogP contribution in [0.3, 0.4) is 0 Å². The van der Waals surface area contributed by atoms with Crippen LogP contribution in [0.1, 0.15) is 83.3 Å². The van der Waals surface area contributed by atoms with E-state index in [-0.39, 0.29) is 35.6 Å². The Labute approximate surface area is 449 Å². The van der Waals surface area contributed by atoms with Crippen LogP contribution >= 0.6 is 31.9 Å². The third-order valence-corrected chi connectivity index (χ3v) is 15.5. The van der Waals surface area contributed by atoms with Crippen molar-refractivity contribution < 1.29 is 49.0 Å². The molecule has 1 aliphatic rings. The van der Waals surface area contributed by atoms with Gasteiger partial charge in [-0.25, -0.2) is 12.1 Å². The molecule has 0 nitrogen and oxygen atoms in total. The van der Waals surface area contributed by atoms with Crippen LogP contribution in [0.15, 0.2) is 215 Å². The second-order valence-electron chi connectivity index (χ2n) is 18.1. The molecular weight excluding hydrogens is 1080 g/mol. The molecule has 0 radical (unpaired) electrons. The molecule has 10 rings (SSSR count). The third-order valence-electron chi connectivity index (χ3n) is 13.1. The van der Waals surface area contributed by atoms with Crippen LogP contribution in [0, 0.1) is 19.9 Å². The zero-order chi connectivity index (χ0) is 46.4. The molecule has 0 spiro atoms.